The molecule has 5 nitrogen and oxygen atoms in total. The first-order valence-electron chi connectivity index (χ1n) is 8.02. The third-order valence-electron chi connectivity index (χ3n) is 3.66. The summed E-state index contributed by atoms with van der Waals surface area (Å²) in [5.41, 5.74) is 3.89. The lowest BCUT2D eigenvalue weighted by Crippen LogP contribution is -2.28. The van der Waals surface area contributed by atoms with E-state index < -0.39 is 0 Å². The van der Waals surface area contributed by atoms with Gasteiger partial charge in [-0.1, -0.05) is 23.8 Å². The fourth-order valence-electron chi connectivity index (χ4n) is 2.25. The largest absolute Gasteiger partial charge is 0.484 e. The second kappa shape index (κ2) is 8.06. The Morgan fingerprint density at radius 3 is 2.60 bits per heavy atom. The molecule has 25 heavy (non-hydrogen) atoms. The molecule has 3 rings (SSSR count). The third-order valence-corrected chi connectivity index (χ3v) is 3.66. The zero-order chi connectivity index (χ0) is 17.5. The smallest absolute Gasteiger partial charge is 0.258 e. The fourth-order valence-corrected chi connectivity index (χ4v) is 2.25. The van der Waals surface area contributed by atoms with Crippen LogP contribution in [0.3, 0.4) is 0 Å². The highest BCUT2D eigenvalue weighted by Crippen LogP contribution is 2.15. The summed E-state index contributed by atoms with van der Waals surface area (Å²) >= 11 is 0. The summed E-state index contributed by atoms with van der Waals surface area (Å²) in [4.78, 5) is 20.4. The molecule has 5 heteroatoms. The predicted molar refractivity (Wildman–Crippen MR) is 96.0 cm³/mol. The fraction of sp³-hybridized carbons (Fsp3) is 0.150. The number of nitrogens with one attached hydrogen (secondary N) is 1. The number of carbonyl (C=O) groups is 1. The van der Waals surface area contributed by atoms with E-state index in [0.717, 1.165) is 22.4 Å². The van der Waals surface area contributed by atoms with Gasteiger partial charge in [0.2, 0.25) is 0 Å². The van der Waals surface area contributed by atoms with Gasteiger partial charge in [0.05, 0.1) is 5.69 Å². The number of aryl methyl sites for hydroxylation is 1. The van der Waals surface area contributed by atoms with Crippen molar-refractivity contribution >= 4 is 5.91 Å². The summed E-state index contributed by atoms with van der Waals surface area (Å²) in [5, 5.41) is 2.82. The second-order valence-corrected chi connectivity index (χ2v) is 5.67. The number of hydrogen-bond acceptors (Lipinski definition) is 4. The van der Waals surface area contributed by atoms with Gasteiger partial charge in [0.15, 0.2) is 6.61 Å². The predicted octanol–water partition coefficient (Wildman–Crippen LogP) is 3.15. The molecule has 0 spiro atoms. The number of ether oxygens (including phenoxy) is 1. The molecule has 0 fully saturated rings. The van der Waals surface area contributed by atoms with Gasteiger partial charge in [-0.25, -0.2) is 0 Å². The van der Waals surface area contributed by atoms with Gasteiger partial charge in [-0.3, -0.25) is 14.8 Å². The van der Waals surface area contributed by atoms with Crippen molar-refractivity contribution in [2.75, 3.05) is 6.61 Å². The maximum absolute atomic E-state index is 11.9. The number of nitrogens with zero attached hydrogens (tertiary/aromatic N) is 2. The Bertz CT molecular complexity index is 816. The van der Waals surface area contributed by atoms with Gasteiger partial charge < -0.3 is 10.1 Å². The monoisotopic (exact) mass is 333 g/mol. The minimum Gasteiger partial charge on any atom is -0.484 e. The molecule has 1 amide bonds. The number of carbonyl (C=O) groups excluding carboxylic acids is 1. The molecule has 0 atom stereocenters. The van der Waals surface area contributed by atoms with E-state index in [1.165, 1.54) is 0 Å². The zero-order valence-electron chi connectivity index (χ0n) is 14.0. The molecule has 0 unspecified atom stereocenters. The highest BCUT2D eigenvalue weighted by molar-refractivity contribution is 5.77. The SMILES string of the molecule is Cc1ccc(OCC(=O)NCc2ccc(-c3cccnc3)nc2)cc1. The Morgan fingerprint density at radius 1 is 1.08 bits per heavy atom. The van der Waals surface area contributed by atoms with E-state index in [0.29, 0.717) is 12.3 Å². The summed E-state index contributed by atoms with van der Waals surface area (Å²) in [6.45, 7) is 2.41. The molecule has 0 saturated heterocycles. The van der Waals surface area contributed by atoms with Crippen molar-refractivity contribution in [1.29, 1.82) is 0 Å². The average molecular weight is 333 g/mol. The van der Waals surface area contributed by atoms with Crippen molar-refractivity contribution in [3.8, 4) is 17.0 Å². The van der Waals surface area contributed by atoms with E-state index in [1.807, 2.05) is 55.5 Å². The molecular formula is C20H19N3O2. The normalized spacial score (nSPS) is 10.3. The van der Waals surface area contributed by atoms with E-state index in [-0.39, 0.29) is 12.5 Å². The Kier molecular flexibility index (Phi) is 5.36. The van der Waals surface area contributed by atoms with Crippen molar-refractivity contribution in [2.45, 2.75) is 13.5 Å². The van der Waals surface area contributed by atoms with Crippen molar-refractivity contribution in [3.05, 3.63) is 78.2 Å². The van der Waals surface area contributed by atoms with Crippen LogP contribution in [0, 0.1) is 6.92 Å². The van der Waals surface area contributed by atoms with Crippen LogP contribution in [-0.2, 0) is 11.3 Å². The molecule has 0 saturated carbocycles. The van der Waals surface area contributed by atoms with E-state index >= 15 is 0 Å². The minimum atomic E-state index is -0.170. The minimum absolute atomic E-state index is 0.00966. The van der Waals surface area contributed by atoms with E-state index in [4.69, 9.17) is 4.74 Å². The van der Waals surface area contributed by atoms with E-state index in [9.17, 15) is 4.79 Å². The topological polar surface area (TPSA) is 64.1 Å². The molecule has 1 aromatic carbocycles. The second-order valence-electron chi connectivity index (χ2n) is 5.67. The van der Waals surface area contributed by atoms with Crippen LogP contribution in [0.5, 0.6) is 5.75 Å². The number of aromatic nitrogens is 2. The number of rotatable bonds is 6. The quantitative estimate of drug-likeness (QED) is 0.753. The van der Waals surface area contributed by atoms with E-state index in [2.05, 4.69) is 15.3 Å². The summed E-state index contributed by atoms with van der Waals surface area (Å²) < 4.78 is 5.45. The number of hydrogen-bond donors (Lipinski definition) is 1. The average Bonchev–Trinajstić information content (AvgIpc) is 2.67. The summed E-state index contributed by atoms with van der Waals surface area (Å²) in [6.07, 6.45) is 5.25. The molecule has 0 aliphatic heterocycles. The number of benzene rings is 1. The maximum atomic E-state index is 11.9. The first-order chi connectivity index (χ1) is 12.2. The van der Waals surface area contributed by atoms with Crippen LogP contribution in [0.25, 0.3) is 11.3 Å². The third kappa shape index (κ3) is 4.88. The number of amides is 1. The molecule has 0 aliphatic rings. The Labute approximate surface area is 146 Å². The van der Waals surface area contributed by atoms with Gasteiger partial charge >= 0.3 is 0 Å². The first kappa shape index (κ1) is 16.6. The Balaban J connectivity index is 1.48. The van der Waals surface area contributed by atoms with Crippen LogP contribution < -0.4 is 10.1 Å². The van der Waals surface area contributed by atoms with Crippen molar-refractivity contribution < 1.29 is 9.53 Å². The molecule has 0 bridgehead atoms. The van der Waals surface area contributed by atoms with Crippen molar-refractivity contribution in [1.82, 2.24) is 15.3 Å². The molecule has 0 aliphatic carbocycles. The molecule has 2 aromatic heterocycles. The van der Waals surface area contributed by atoms with Crippen LogP contribution in [-0.4, -0.2) is 22.5 Å². The Hall–Kier alpha value is -3.21. The van der Waals surface area contributed by atoms with Crippen LogP contribution in [0.4, 0.5) is 0 Å². The van der Waals surface area contributed by atoms with Gasteiger partial charge in [0, 0.05) is 30.7 Å². The summed E-state index contributed by atoms with van der Waals surface area (Å²) in [7, 11) is 0. The van der Waals surface area contributed by atoms with Gasteiger partial charge in [0.25, 0.3) is 5.91 Å². The van der Waals surface area contributed by atoms with Gasteiger partial charge in [-0.2, -0.15) is 0 Å². The standard InChI is InChI=1S/C20H19N3O2/c1-15-4-7-18(8-5-15)25-14-20(24)23-12-16-6-9-19(22-11-16)17-3-2-10-21-13-17/h2-11,13H,12,14H2,1H3,(H,23,24). The maximum Gasteiger partial charge on any atom is 0.258 e. The van der Waals surface area contributed by atoms with Crippen molar-refractivity contribution in [3.63, 3.8) is 0 Å². The van der Waals surface area contributed by atoms with Crippen molar-refractivity contribution in [2.24, 2.45) is 0 Å². The number of pyridine rings is 2. The highest BCUT2D eigenvalue weighted by Gasteiger charge is 2.04. The molecule has 126 valence electrons. The van der Waals surface area contributed by atoms with E-state index in [1.54, 1.807) is 18.6 Å². The van der Waals surface area contributed by atoms with Crippen LogP contribution in [0.15, 0.2) is 67.1 Å². The lowest BCUT2D eigenvalue weighted by molar-refractivity contribution is -0.123. The van der Waals surface area contributed by atoms with Gasteiger partial charge in [-0.05, 0) is 42.8 Å². The first-order valence-corrected chi connectivity index (χ1v) is 8.02. The van der Waals surface area contributed by atoms with Crippen LogP contribution in [0.1, 0.15) is 11.1 Å². The molecular weight excluding hydrogens is 314 g/mol. The van der Waals surface area contributed by atoms with Gasteiger partial charge in [0.1, 0.15) is 5.75 Å². The summed E-state index contributed by atoms with van der Waals surface area (Å²) in [6, 6.07) is 15.3. The lowest BCUT2D eigenvalue weighted by Gasteiger charge is -2.08. The van der Waals surface area contributed by atoms with Crippen LogP contribution in [0.2, 0.25) is 0 Å². The molecule has 3 aromatic rings. The highest BCUT2D eigenvalue weighted by atomic mass is 16.5. The van der Waals surface area contributed by atoms with Crippen LogP contribution >= 0.6 is 0 Å². The Morgan fingerprint density at radius 2 is 1.92 bits per heavy atom. The molecule has 2 heterocycles. The molecule has 0 radical (unpaired) electrons. The zero-order valence-corrected chi connectivity index (χ0v) is 14.0. The molecule has 1 N–H and O–H groups in total. The lowest BCUT2D eigenvalue weighted by atomic mass is 10.1. The summed E-state index contributed by atoms with van der Waals surface area (Å²) in [5.74, 6) is 0.514. The van der Waals surface area contributed by atoms with Gasteiger partial charge in [-0.15, -0.1) is 0 Å².